The van der Waals surface area contributed by atoms with E-state index in [4.69, 9.17) is 4.74 Å². The van der Waals surface area contributed by atoms with Gasteiger partial charge in [-0.3, -0.25) is 9.36 Å². The topological polar surface area (TPSA) is 36.2 Å². The molecule has 0 N–H and O–H groups in total. The lowest BCUT2D eigenvalue weighted by Crippen LogP contribution is -2.21. The van der Waals surface area contributed by atoms with Gasteiger partial charge in [-0.1, -0.05) is 96.1 Å². The van der Waals surface area contributed by atoms with Crippen LogP contribution in [0.2, 0.25) is 0 Å². The Hall–Kier alpha value is -4.41. The molecule has 0 amide bonds. The van der Waals surface area contributed by atoms with Gasteiger partial charge in [0, 0.05) is 41.3 Å². The number of methoxy groups -OCH3 is 1. The highest BCUT2D eigenvalue weighted by Gasteiger charge is 2.31. The number of fused-ring (bicyclic) bond motifs is 2. The maximum atomic E-state index is 14.2. The zero-order chi connectivity index (χ0) is 29.5. The molecule has 42 heavy (non-hydrogen) atoms. The van der Waals surface area contributed by atoms with Crippen LogP contribution in [0.1, 0.15) is 75.8 Å². The van der Waals surface area contributed by atoms with Crippen molar-refractivity contribution in [1.29, 1.82) is 0 Å². The number of ether oxygens (including phenoxy) is 1. The summed E-state index contributed by atoms with van der Waals surface area (Å²) in [5.41, 5.74) is 10.3. The van der Waals surface area contributed by atoms with E-state index in [0.29, 0.717) is 0 Å². The normalized spacial score (nSPS) is 13.2. The number of rotatable bonds is 7. The first kappa shape index (κ1) is 27.7. The van der Waals surface area contributed by atoms with E-state index in [0.717, 1.165) is 22.0 Å². The lowest BCUT2D eigenvalue weighted by molar-refractivity contribution is 0.0520. The third-order valence-electron chi connectivity index (χ3n) is 8.43. The first-order valence-electron chi connectivity index (χ1n) is 14.7. The summed E-state index contributed by atoms with van der Waals surface area (Å²) in [5.74, 6) is -0.193. The van der Waals surface area contributed by atoms with E-state index >= 15 is 0 Å². The van der Waals surface area contributed by atoms with Crippen molar-refractivity contribution in [1.82, 2.24) is 9.13 Å². The summed E-state index contributed by atoms with van der Waals surface area (Å²) in [6.07, 6.45) is 1.35. The van der Waals surface area contributed by atoms with Crippen LogP contribution < -0.4 is 0 Å². The van der Waals surface area contributed by atoms with E-state index < -0.39 is 6.10 Å². The number of aryl methyl sites for hydroxylation is 3. The highest BCUT2D eigenvalue weighted by atomic mass is 16.5. The molecule has 0 aliphatic carbocycles. The number of carbonyl (C=O) groups is 1. The lowest BCUT2D eigenvalue weighted by atomic mass is 9.84. The number of hydrogen-bond acceptors (Lipinski definition) is 2. The zero-order valence-electron chi connectivity index (χ0n) is 25.3. The minimum Gasteiger partial charge on any atom is -0.367 e. The first-order chi connectivity index (χ1) is 20.3. The second-order valence-electron chi connectivity index (χ2n) is 11.7. The lowest BCUT2D eigenvalue weighted by Gasteiger charge is -2.25. The molecule has 4 heteroatoms. The van der Waals surface area contributed by atoms with Crippen LogP contribution in [0.3, 0.4) is 0 Å². The Balaban J connectivity index is 1.66. The van der Waals surface area contributed by atoms with Crippen LogP contribution in [0.25, 0.3) is 21.8 Å². The van der Waals surface area contributed by atoms with Crippen LogP contribution in [0.15, 0.2) is 103 Å². The van der Waals surface area contributed by atoms with E-state index in [1.54, 1.807) is 11.7 Å². The molecule has 0 spiro atoms. The summed E-state index contributed by atoms with van der Waals surface area (Å²) in [6.45, 7) is 11.1. The molecule has 0 saturated carbocycles. The van der Waals surface area contributed by atoms with Gasteiger partial charge in [-0.15, -0.1) is 0 Å². The van der Waals surface area contributed by atoms with Crippen molar-refractivity contribution in [3.05, 3.63) is 142 Å². The minimum absolute atomic E-state index is 0.0879. The van der Waals surface area contributed by atoms with E-state index in [1.165, 1.54) is 38.9 Å². The monoisotopic (exact) mass is 554 g/mol. The van der Waals surface area contributed by atoms with Crippen LogP contribution >= 0.6 is 0 Å². The number of aromatic nitrogens is 2. The van der Waals surface area contributed by atoms with Crippen LogP contribution in [-0.2, 0) is 4.74 Å². The van der Waals surface area contributed by atoms with Crippen molar-refractivity contribution in [2.45, 2.75) is 52.7 Å². The van der Waals surface area contributed by atoms with Crippen molar-refractivity contribution < 1.29 is 9.53 Å². The fourth-order valence-corrected chi connectivity index (χ4v) is 6.77. The van der Waals surface area contributed by atoms with Gasteiger partial charge in [0.15, 0.2) is 6.10 Å². The Bertz CT molecular complexity index is 1890. The maximum absolute atomic E-state index is 14.2. The molecular weight excluding hydrogens is 516 g/mol. The standard InChI is InChI=1S/C38H38N2O2/c1-24(2)40-34-19-13-10-16-30(34)27(5)36(40)35(29-21-25(3)20-26(4)22-29)32-23-39(33-18-12-11-17-31(32)33)38(41)37(42-6)28-14-8-7-9-15-28/h7-24,35,37H,1-6H3/t35?,37-/m0/s1. The van der Waals surface area contributed by atoms with Crippen molar-refractivity contribution in [3.8, 4) is 0 Å². The molecule has 0 aliphatic heterocycles. The largest absolute Gasteiger partial charge is 0.367 e. The van der Waals surface area contributed by atoms with Crippen LogP contribution in [-0.4, -0.2) is 22.2 Å². The highest BCUT2D eigenvalue weighted by molar-refractivity contribution is 5.97. The minimum atomic E-state index is -0.710. The molecule has 1 unspecified atom stereocenters. The van der Waals surface area contributed by atoms with Gasteiger partial charge in [0.2, 0.25) is 0 Å². The van der Waals surface area contributed by atoms with E-state index in [1.807, 2.05) is 42.5 Å². The molecule has 4 nitrogen and oxygen atoms in total. The SMILES string of the molecule is CO[C@H](C(=O)n1cc(C(c2cc(C)cc(C)c2)c2c(C)c3ccccc3n2C(C)C)c2ccccc21)c1ccccc1. The average Bonchev–Trinajstić information content (AvgIpc) is 3.50. The second-order valence-corrected chi connectivity index (χ2v) is 11.7. The van der Waals surface area contributed by atoms with Crippen LogP contribution in [0.4, 0.5) is 0 Å². The first-order valence-corrected chi connectivity index (χ1v) is 14.7. The second kappa shape index (κ2) is 11.1. The van der Waals surface area contributed by atoms with Crippen LogP contribution in [0.5, 0.6) is 0 Å². The molecule has 0 fully saturated rings. The van der Waals surface area contributed by atoms with Crippen molar-refractivity contribution in [3.63, 3.8) is 0 Å². The fourth-order valence-electron chi connectivity index (χ4n) is 6.77. The number of hydrogen-bond donors (Lipinski definition) is 0. The summed E-state index contributed by atoms with van der Waals surface area (Å²) in [5, 5.41) is 2.33. The molecule has 6 rings (SSSR count). The number of benzene rings is 4. The molecule has 4 aromatic carbocycles. The summed E-state index contributed by atoms with van der Waals surface area (Å²) < 4.78 is 10.1. The van der Waals surface area contributed by atoms with Gasteiger partial charge in [-0.05, 0) is 69.0 Å². The Morgan fingerprint density at radius 2 is 1.31 bits per heavy atom. The molecule has 2 atom stereocenters. The van der Waals surface area contributed by atoms with Gasteiger partial charge in [0.25, 0.3) is 5.91 Å². The summed E-state index contributed by atoms with van der Waals surface area (Å²) >= 11 is 0. The Labute approximate surface area is 248 Å². The summed E-state index contributed by atoms with van der Waals surface area (Å²) in [6, 6.07) is 33.7. The molecule has 2 aromatic heterocycles. The molecule has 212 valence electrons. The molecule has 2 heterocycles. The number of nitrogens with zero attached hydrogens (tertiary/aromatic N) is 2. The van der Waals surface area contributed by atoms with Gasteiger partial charge >= 0.3 is 0 Å². The predicted octanol–water partition coefficient (Wildman–Crippen LogP) is 9.31. The van der Waals surface area contributed by atoms with Gasteiger partial charge in [-0.25, -0.2) is 0 Å². The van der Waals surface area contributed by atoms with Gasteiger partial charge in [0.1, 0.15) is 0 Å². The van der Waals surface area contributed by atoms with Gasteiger partial charge in [0.05, 0.1) is 11.4 Å². The number of carbonyl (C=O) groups excluding carboxylic acids is 1. The predicted molar refractivity (Wildman–Crippen MR) is 173 cm³/mol. The Kier molecular flexibility index (Phi) is 7.34. The third kappa shape index (κ3) is 4.66. The smallest absolute Gasteiger partial charge is 0.264 e. The Morgan fingerprint density at radius 1 is 0.714 bits per heavy atom. The summed E-state index contributed by atoms with van der Waals surface area (Å²) in [4.78, 5) is 14.2. The highest BCUT2D eigenvalue weighted by Crippen LogP contribution is 2.43. The van der Waals surface area contributed by atoms with Crippen molar-refractivity contribution >= 4 is 27.7 Å². The van der Waals surface area contributed by atoms with Crippen molar-refractivity contribution in [2.24, 2.45) is 0 Å². The van der Waals surface area contributed by atoms with E-state index in [2.05, 4.69) is 100.0 Å². The van der Waals surface area contributed by atoms with Crippen LogP contribution in [0, 0.1) is 20.8 Å². The number of para-hydroxylation sites is 2. The van der Waals surface area contributed by atoms with Gasteiger partial charge in [-0.2, -0.15) is 0 Å². The van der Waals surface area contributed by atoms with Crippen molar-refractivity contribution in [2.75, 3.05) is 7.11 Å². The molecule has 0 radical (unpaired) electrons. The molecular formula is C38H38N2O2. The maximum Gasteiger partial charge on any atom is 0.264 e. The van der Waals surface area contributed by atoms with E-state index in [9.17, 15) is 4.79 Å². The average molecular weight is 555 g/mol. The third-order valence-corrected chi connectivity index (χ3v) is 8.43. The van der Waals surface area contributed by atoms with E-state index in [-0.39, 0.29) is 17.9 Å². The molecule has 6 aromatic rings. The quantitative estimate of drug-likeness (QED) is 0.197. The molecule has 0 aliphatic rings. The molecule has 0 bridgehead atoms. The summed E-state index contributed by atoms with van der Waals surface area (Å²) in [7, 11) is 1.60. The Morgan fingerprint density at radius 3 is 1.95 bits per heavy atom. The fraction of sp³-hybridized carbons (Fsp3) is 0.237. The molecule has 0 saturated heterocycles. The zero-order valence-corrected chi connectivity index (χ0v) is 25.3. The van der Waals surface area contributed by atoms with Gasteiger partial charge < -0.3 is 9.30 Å².